The molecular formula is C12H15. The van der Waals surface area contributed by atoms with E-state index in [1.54, 1.807) is 0 Å². The van der Waals surface area contributed by atoms with Crippen LogP contribution in [0, 0.1) is 11.5 Å². The van der Waals surface area contributed by atoms with E-state index in [0.29, 0.717) is 0 Å². The lowest BCUT2D eigenvalue weighted by atomic mass is 9.95. The van der Waals surface area contributed by atoms with E-state index in [0.717, 1.165) is 0 Å². The van der Waals surface area contributed by atoms with Gasteiger partial charge >= 0.3 is 0 Å². The first kappa shape index (κ1) is 9.05. The lowest BCUT2D eigenvalue weighted by Gasteiger charge is -2.09. The van der Waals surface area contributed by atoms with Gasteiger partial charge in [0.15, 0.2) is 0 Å². The van der Waals surface area contributed by atoms with Gasteiger partial charge in [0.25, 0.3) is 0 Å². The minimum atomic E-state index is 0.149. The van der Waals surface area contributed by atoms with Gasteiger partial charge in [0.05, 0.1) is 0 Å². The molecule has 0 heteroatoms. The van der Waals surface area contributed by atoms with E-state index in [-0.39, 0.29) is 5.41 Å². The third-order valence-electron chi connectivity index (χ3n) is 1.47. The van der Waals surface area contributed by atoms with Crippen LogP contribution in [-0.2, 0) is 0 Å². The normalized spacial score (nSPS) is 12.2. The van der Waals surface area contributed by atoms with Crippen molar-refractivity contribution < 1.29 is 0 Å². The van der Waals surface area contributed by atoms with E-state index < -0.39 is 0 Å². The van der Waals surface area contributed by atoms with Crippen molar-refractivity contribution in [2.24, 2.45) is 5.41 Å². The number of allylic oxidation sites excluding steroid dienone is 1. The first-order chi connectivity index (χ1) is 5.58. The fourth-order valence-corrected chi connectivity index (χ4v) is 0.849. The van der Waals surface area contributed by atoms with E-state index in [2.05, 4.69) is 39.0 Å². The molecule has 0 saturated carbocycles. The predicted octanol–water partition coefficient (Wildman–Crippen LogP) is 3.55. The molecular weight excluding hydrogens is 144 g/mol. The van der Waals surface area contributed by atoms with Crippen molar-refractivity contribution in [1.29, 1.82) is 0 Å². The second-order valence-corrected chi connectivity index (χ2v) is 3.95. The molecule has 63 valence electrons. The average Bonchev–Trinajstić information content (AvgIpc) is 2.02. The van der Waals surface area contributed by atoms with Crippen LogP contribution >= 0.6 is 0 Å². The third-order valence-corrected chi connectivity index (χ3v) is 1.47. The molecule has 1 rings (SSSR count). The molecule has 1 aromatic rings. The Labute approximate surface area is 74.9 Å². The van der Waals surface area contributed by atoms with Gasteiger partial charge in [-0.3, -0.25) is 0 Å². The Bertz CT molecular complexity index is 249. The summed E-state index contributed by atoms with van der Waals surface area (Å²) >= 11 is 0. The second-order valence-electron chi connectivity index (χ2n) is 3.95. The quantitative estimate of drug-likeness (QED) is 0.588. The van der Waals surface area contributed by atoms with Gasteiger partial charge in [0.2, 0.25) is 0 Å². The topological polar surface area (TPSA) is 0 Å². The van der Waals surface area contributed by atoms with Gasteiger partial charge in [0.1, 0.15) is 0 Å². The summed E-state index contributed by atoms with van der Waals surface area (Å²) in [4.78, 5) is 0. The average molecular weight is 159 g/mol. The molecule has 12 heavy (non-hydrogen) atoms. The highest BCUT2D eigenvalue weighted by Gasteiger charge is 2.03. The SMILES string of the molecule is CC(C)(C)/[C]=C\c1ccccc1. The number of benzene rings is 1. The molecule has 1 aromatic carbocycles. The minimum Gasteiger partial charge on any atom is -0.0622 e. The van der Waals surface area contributed by atoms with Crippen LogP contribution in [-0.4, -0.2) is 0 Å². The van der Waals surface area contributed by atoms with Gasteiger partial charge < -0.3 is 0 Å². The Morgan fingerprint density at radius 1 is 1.08 bits per heavy atom. The summed E-state index contributed by atoms with van der Waals surface area (Å²) in [6.45, 7) is 6.44. The fraction of sp³-hybridized carbons (Fsp3) is 0.333. The van der Waals surface area contributed by atoms with E-state index >= 15 is 0 Å². The molecule has 0 atom stereocenters. The number of rotatable bonds is 1. The van der Waals surface area contributed by atoms with Crippen LogP contribution in [0.5, 0.6) is 0 Å². The maximum atomic E-state index is 3.31. The van der Waals surface area contributed by atoms with Gasteiger partial charge in [0, 0.05) is 0 Å². The molecule has 0 heterocycles. The summed E-state index contributed by atoms with van der Waals surface area (Å²) in [5.41, 5.74) is 1.36. The zero-order chi connectivity index (χ0) is 9.03. The number of hydrogen-bond donors (Lipinski definition) is 0. The molecule has 0 amide bonds. The summed E-state index contributed by atoms with van der Waals surface area (Å²) < 4.78 is 0. The predicted molar refractivity (Wildman–Crippen MR) is 53.6 cm³/mol. The first-order valence-electron chi connectivity index (χ1n) is 4.24. The Balaban J connectivity index is 2.71. The maximum Gasteiger partial charge on any atom is -0.0129 e. The third kappa shape index (κ3) is 3.38. The first-order valence-corrected chi connectivity index (χ1v) is 4.24. The molecule has 0 fully saturated rings. The monoisotopic (exact) mass is 159 g/mol. The van der Waals surface area contributed by atoms with Gasteiger partial charge in [-0.05, 0) is 17.1 Å². The van der Waals surface area contributed by atoms with Crippen LogP contribution in [0.15, 0.2) is 30.3 Å². The van der Waals surface area contributed by atoms with Crippen molar-refractivity contribution >= 4 is 6.08 Å². The summed E-state index contributed by atoms with van der Waals surface area (Å²) in [5.74, 6) is 0. The zero-order valence-electron chi connectivity index (χ0n) is 7.96. The molecule has 0 aromatic heterocycles. The van der Waals surface area contributed by atoms with E-state index in [4.69, 9.17) is 0 Å². The van der Waals surface area contributed by atoms with E-state index in [1.165, 1.54) is 5.56 Å². The molecule has 0 unspecified atom stereocenters. The Kier molecular flexibility index (Phi) is 2.69. The Hall–Kier alpha value is -1.04. The largest absolute Gasteiger partial charge is 0.0622 e. The zero-order valence-corrected chi connectivity index (χ0v) is 7.96. The fourth-order valence-electron chi connectivity index (χ4n) is 0.849. The van der Waals surface area contributed by atoms with Gasteiger partial charge in [-0.2, -0.15) is 0 Å². The van der Waals surface area contributed by atoms with Crippen LogP contribution in [0.1, 0.15) is 26.3 Å². The molecule has 0 N–H and O–H groups in total. The number of hydrogen-bond acceptors (Lipinski definition) is 0. The minimum absolute atomic E-state index is 0.149. The molecule has 0 saturated heterocycles. The standard InChI is InChI=1S/C12H15/c1-12(2,3)10-9-11-7-5-4-6-8-11/h4-9H,1-3H3. The Morgan fingerprint density at radius 3 is 2.17 bits per heavy atom. The van der Waals surface area contributed by atoms with Crippen molar-refractivity contribution in [3.8, 4) is 0 Å². The van der Waals surface area contributed by atoms with Crippen molar-refractivity contribution in [2.45, 2.75) is 20.8 Å². The summed E-state index contributed by atoms with van der Waals surface area (Å²) in [7, 11) is 0. The highest BCUT2D eigenvalue weighted by molar-refractivity contribution is 5.47. The molecule has 1 radical (unpaired) electrons. The summed E-state index contributed by atoms with van der Waals surface area (Å²) in [6, 6.07) is 10.3. The van der Waals surface area contributed by atoms with Crippen molar-refractivity contribution in [3.05, 3.63) is 42.0 Å². The molecule has 0 spiro atoms. The molecule has 0 nitrogen and oxygen atoms in total. The molecule has 0 aliphatic heterocycles. The lowest BCUT2D eigenvalue weighted by Crippen LogP contribution is -1.98. The van der Waals surface area contributed by atoms with Crippen molar-refractivity contribution in [3.63, 3.8) is 0 Å². The molecule has 0 bridgehead atoms. The highest BCUT2D eigenvalue weighted by atomic mass is 14.1. The second kappa shape index (κ2) is 3.57. The van der Waals surface area contributed by atoms with Crippen LogP contribution in [0.4, 0.5) is 0 Å². The summed E-state index contributed by atoms with van der Waals surface area (Å²) in [6.07, 6.45) is 5.35. The van der Waals surface area contributed by atoms with Gasteiger partial charge in [-0.25, -0.2) is 0 Å². The smallest absolute Gasteiger partial charge is 0.0129 e. The van der Waals surface area contributed by atoms with E-state index in [1.807, 2.05) is 24.3 Å². The maximum absolute atomic E-state index is 3.31. The van der Waals surface area contributed by atoms with Crippen LogP contribution in [0.25, 0.3) is 6.08 Å². The molecule has 0 aliphatic rings. The van der Waals surface area contributed by atoms with Gasteiger partial charge in [-0.15, -0.1) is 0 Å². The molecule has 0 aliphatic carbocycles. The highest BCUT2D eigenvalue weighted by Crippen LogP contribution is 2.15. The van der Waals surface area contributed by atoms with Crippen molar-refractivity contribution in [1.82, 2.24) is 0 Å². The Morgan fingerprint density at radius 2 is 1.67 bits per heavy atom. The van der Waals surface area contributed by atoms with Crippen LogP contribution in [0.3, 0.4) is 0 Å². The van der Waals surface area contributed by atoms with E-state index in [9.17, 15) is 0 Å². The van der Waals surface area contributed by atoms with Gasteiger partial charge in [-0.1, -0.05) is 57.2 Å². The van der Waals surface area contributed by atoms with Crippen LogP contribution in [0.2, 0.25) is 0 Å². The summed E-state index contributed by atoms with van der Waals surface area (Å²) in [5, 5.41) is 0. The lowest BCUT2D eigenvalue weighted by molar-refractivity contribution is 0.528. The van der Waals surface area contributed by atoms with Crippen LogP contribution < -0.4 is 0 Å². The van der Waals surface area contributed by atoms with Crippen molar-refractivity contribution in [2.75, 3.05) is 0 Å².